The van der Waals surface area contributed by atoms with Crippen LogP contribution < -0.4 is 14.2 Å². The number of aliphatic carboxylic acids is 1. The summed E-state index contributed by atoms with van der Waals surface area (Å²) in [7, 11) is 0. The Bertz CT molecular complexity index is 886. The maximum atomic E-state index is 12.1. The minimum Gasteiger partial charge on any atom is -0.478 e. The van der Waals surface area contributed by atoms with Gasteiger partial charge in [0.2, 0.25) is 12.4 Å². The fourth-order valence-corrected chi connectivity index (χ4v) is 2.85. The SMILES string of the molecule is CCCc1cc(C#N)ccc1OC(C)(C(=O)O)c1ccc2c(c1)OCO2. The van der Waals surface area contributed by atoms with Crippen LogP contribution in [-0.4, -0.2) is 17.9 Å². The molecule has 0 aromatic heterocycles. The number of hydrogen-bond acceptors (Lipinski definition) is 5. The van der Waals surface area contributed by atoms with E-state index in [1.807, 2.05) is 6.92 Å². The first-order valence-electron chi connectivity index (χ1n) is 8.33. The summed E-state index contributed by atoms with van der Waals surface area (Å²) in [6, 6.07) is 12.1. The van der Waals surface area contributed by atoms with Gasteiger partial charge in [0.05, 0.1) is 11.6 Å². The van der Waals surface area contributed by atoms with Gasteiger partial charge in [-0.25, -0.2) is 4.79 Å². The lowest BCUT2D eigenvalue weighted by Crippen LogP contribution is -2.38. The number of nitrogens with zero attached hydrogens (tertiary/aromatic N) is 1. The van der Waals surface area contributed by atoms with Crippen molar-refractivity contribution in [3.05, 3.63) is 53.1 Å². The fraction of sp³-hybridized carbons (Fsp3) is 0.300. The lowest BCUT2D eigenvalue weighted by Gasteiger charge is -2.28. The third-order valence-electron chi connectivity index (χ3n) is 4.35. The molecule has 2 aromatic rings. The molecule has 0 saturated heterocycles. The van der Waals surface area contributed by atoms with Gasteiger partial charge in [-0.3, -0.25) is 0 Å². The smallest absolute Gasteiger partial charge is 0.352 e. The summed E-state index contributed by atoms with van der Waals surface area (Å²) >= 11 is 0. The molecule has 6 heteroatoms. The van der Waals surface area contributed by atoms with Crippen LogP contribution in [0, 0.1) is 11.3 Å². The van der Waals surface area contributed by atoms with Crippen LogP contribution in [0.4, 0.5) is 0 Å². The zero-order valence-electron chi connectivity index (χ0n) is 14.6. The van der Waals surface area contributed by atoms with Crippen molar-refractivity contribution in [1.29, 1.82) is 5.26 Å². The van der Waals surface area contributed by atoms with Gasteiger partial charge in [-0.2, -0.15) is 5.26 Å². The van der Waals surface area contributed by atoms with E-state index in [2.05, 4.69) is 6.07 Å². The van der Waals surface area contributed by atoms with Crippen LogP contribution in [0.25, 0.3) is 0 Å². The normalized spacial score (nSPS) is 14.3. The van der Waals surface area contributed by atoms with Crippen LogP contribution in [0.3, 0.4) is 0 Å². The molecule has 0 amide bonds. The third-order valence-corrected chi connectivity index (χ3v) is 4.35. The van der Waals surface area contributed by atoms with Gasteiger partial charge in [0.1, 0.15) is 5.75 Å². The van der Waals surface area contributed by atoms with Crippen molar-refractivity contribution < 1.29 is 24.1 Å². The van der Waals surface area contributed by atoms with Gasteiger partial charge in [-0.05, 0) is 49.2 Å². The Morgan fingerprint density at radius 1 is 1.27 bits per heavy atom. The van der Waals surface area contributed by atoms with Crippen LogP contribution in [0.5, 0.6) is 17.2 Å². The van der Waals surface area contributed by atoms with E-state index in [0.717, 1.165) is 12.0 Å². The van der Waals surface area contributed by atoms with Crippen LogP contribution in [0.15, 0.2) is 36.4 Å². The van der Waals surface area contributed by atoms with Gasteiger partial charge < -0.3 is 19.3 Å². The number of rotatable bonds is 6. The largest absolute Gasteiger partial charge is 0.478 e. The predicted molar refractivity (Wildman–Crippen MR) is 93.3 cm³/mol. The minimum absolute atomic E-state index is 0.111. The molecule has 1 heterocycles. The topological polar surface area (TPSA) is 88.8 Å². The highest BCUT2D eigenvalue weighted by Crippen LogP contribution is 2.38. The number of fused-ring (bicyclic) bond motifs is 1. The highest BCUT2D eigenvalue weighted by Gasteiger charge is 2.39. The molecule has 26 heavy (non-hydrogen) atoms. The van der Waals surface area contributed by atoms with Gasteiger partial charge in [0.15, 0.2) is 11.5 Å². The summed E-state index contributed by atoms with van der Waals surface area (Å²) in [6.45, 7) is 3.62. The van der Waals surface area contributed by atoms with Crippen molar-refractivity contribution in [1.82, 2.24) is 0 Å². The van der Waals surface area contributed by atoms with Gasteiger partial charge in [0.25, 0.3) is 0 Å². The summed E-state index contributed by atoms with van der Waals surface area (Å²) in [5.41, 5.74) is 0.152. The van der Waals surface area contributed by atoms with E-state index in [-0.39, 0.29) is 6.79 Å². The second-order valence-corrected chi connectivity index (χ2v) is 6.19. The van der Waals surface area contributed by atoms with Crippen molar-refractivity contribution >= 4 is 5.97 Å². The first-order chi connectivity index (χ1) is 12.5. The molecule has 134 valence electrons. The monoisotopic (exact) mass is 353 g/mol. The molecule has 0 aliphatic carbocycles. The predicted octanol–water partition coefficient (Wildman–Crippen LogP) is 3.62. The molecule has 1 aliphatic heterocycles. The second-order valence-electron chi connectivity index (χ2n) is 6.19. The summed E-state index contributed by atoms with van der Waals surface area (Å²) in [5, 5.41) is 19.0. The summed E-state index contributed by atoms with van der Waals surface area (Å²) < 4.78 is 16.6. The van der Waals surface area contributed by atoms with Crippen LogP contribution >= 0.6 is 0 Å². The number of aryl methyl sites for hydroxylation is 1. The van der Waals surface area contributed by atoms with Crippen molar-refractivity contribution in [2.45, 2.75) is 32.3 Å². The fourth-order valence-electron chi connectivity index (χ4n) is 2.85. The average Bonchev–Trinajstić information content (AvgIpc) is 3.10. The van der Waals surface area contributed by atoms with Crippen LogP contribution in [0.1, 0.15) is 37.0 Å². The summed E-state index contributed by atoms with van der Waals surface area (Å²) in [5.74, 6) is 0.398. The van der Waals surface area contributed by atoms with Crippen molar-refractivity contribution in [2.24, 2.45) is 0 Å². The summed E-state index contributed by atoms with van der Waals surface area (Å²) in [4.78, 5) is 12.1. The Balaban J connectivity index is 2.01. The molecule has 2 aromatic carbocycles. The zero-order chi connectivity index (χ0) is 18.7. The molecule has 1 unspecified atom stereocenters. The third kappa shape index (κ3) is 3.16. The van der Waals surface area contributed by atoms with E-state index in [1.54, 1.807) is 36.4 Å². The van der Waals surface area contributed by atoms with Crippen molar-refractivity contribution in [3.8, 4) is 23.3 Å². The molecular formula is C20H19NO5. The van der Waals surface area contributed by atoms with Crippen molar-refractivity contribution in [3.63, 3.8) is 0 Å². The van der Waals surface area contributed by atoms with Gasteiger partial charge in [-0.15, -0.1) is 0 Å². The Morgan fingerprint density at radius 3 is 2.73 bits per heavy atom. The molecule has 1 atom stereocenters. The van der Waals surface area contributed by atoms with Crippen LogP contribution in [0.2, 0.25) is 0 Å². The van der Waals surface area contributed by atoms with E-state index in [4.69, 9.17) is 19.5 Å². The number of ether oxygens (including phenoxy) is 3. The molecule has 1 N–H and O–H groups in total. The Hall–Kier alpha value is -3.20. The number of carboxylic acids is 1. The molecular weight excluding hydrogens is 334 g/mol. The quantitative estimate of drug-likeness (QED) is 0.853. The first-order valence-corrected chi connectivity index (χ1v) is 8.33. The molecule has 0 saturated carbocycles. The van der Waals surface area contributed by atoms with E-state index in [1.165, 1.54) is 6.92 Å². The Kier molecular flexibility index (Phi) is 4.72. The molecule has 6 nitrogen and oxygen atoms in total. The standard InChI is InChI=1S/C20H19NO5/c1-3-4-14-9-13(11-21)5-7-16(14)26-20(2,19(22)23)15-6-8-17-18(10-15)25-12-24-17/h5-10H,3-4,12H2,1-2H3,(H,22,23). The number of nitriles is 1. The Labute approximate surface area is 151 Å². The van der Waals surface area contributed by atoms with E-state index in [9.17, 15) is 9.90 Å². The van der Waals surface area contributed by atoms with Crippen LogP contribution in [-0.2, 0) is 16.8 Å². The molecule has 1 aliphatic rings. The Morgan fingerprint density at radius 2 is 2.04 bits per heavy atom. The number of carbonyl (C=O) groups is 1. The first kappa shape index (κ1) is 17.6. The summed E-state index contributed by atoms with van der Waals surface area (Å²) in [6.07, 6.45) is 1.53. The zero-order valence-corrected chi connectivity index (χ0v) is 14.6. The highest BCUT2D eigenvalue weighted by molar-refractivity contribution is 5.80. The van der Waals surface area contributed by atoms with Gasteiger partial charge in [-0.1, -0.05) is 19.4 Å². The lowest BCUT2D eigenvalue weighted by atomic mass is 9.94. The van der Waals surface area contributed by atoms with E-state index >= 15 is 0 Å². The lowest BCUT2D eigenvalue weighted by molar-refractivity contribution is -0.154. The van der Waals surface area contributed by atoms with Gasteiger partial charge in [0, 0.05) is 5.56 Å². The van der Waals surface area contributed by atoms with Crippen molar-refractivity contribution in [2.75, 3.05) is 6.79 Å². The molecule has 0 fully saturated rings. The molecule has 0 spiro atoms. The number of carboxylic acid groups (broad SMARTS) is 1. The van der Waals surface area contributed by atoms with E-state index < -0.39 is 11.6 Å². The van der Waals surface area contributed by atoms with E-state index in [0.29, 0.717) is 34.8 Å². The average molecular weight is 353 g/mol. The number of hydrogen-bond donors (Lipinski definition) is 1. The second kappa shape index (κ2) is 6.96. The maximum Gasteiger partial charge on any atom is 0.352 e. The molecule has 0 radical (unpaired) electrons. The van der Waals surface area contributed by atoms with Gasteiger partial charge >= 0.3 is 5.97 Å². The number of benzene rings is 2. The minimum atomic E-state index is -1.61. The molecule has 3 rings (SSSR count). The highest BCUT2D eigenvalue weighted by atomic mass is 16.7. The molecule has 0 bridgehead atoms. The maximum absolute atomic E-state index is 12.1.